The Balaban J connectivity index is 1.86. The van der Waals surface area contributed by atoms with E-state index in [2.05, 4.69) is 58.8 Å². The van der Waals surface area contributed by atoms with Crippen LogP contribution in [0.3, 0.4) is 0 Å². The molecule has 3 atom stereocenters. The molecule has 2 aliphatic rings. The number of likely N-dealkylation sites (N-methyl/N-ethyl adjacent to an activating group) is 1. The van der Waals surface area contributed by atoms with Gasteiger partial charge in [0.2, 0.25) is 0 Å². The number of carbonyl (C=O) groups is 1. The van der Waals surface area contributed by atoms with Gasteiger partial charge in [-0.25, -0.2) is 0 Å². The second kappa shape index (κ2) is 6.11. The Kier molecular flexibility index (Phi) is 4.52. The fraction of sp³-hybridized carbons (Fsp3) is 0.611. The van der Waals surface area contributed by atoms with Crippen molar-refractivity contribution in [2.24, 2.45) is 0 Å². The van der Waals surface area contributed by atoms with Crippen molar-refractivity contribution in [2.45, 2.75) is 63.1 Å². The predicted molar refractivity (Wildman–Crippen MR) is 95.9 cm³/mol. The molecule has 2 aliphatic heterocycles. The number of hydrogen-bond donors (Lipinski definition) is 0. The van der Waals surface area contributed by atoms with E-state index in [1.165, 1.54) is 9.13 Å². The normalized spacial score (nSPS) is 31.5. The highest BCUT2D eigenvalue weighted by molar-refractivity contribution is 14.1. The highest BCUT2D eigenvalue weighted by Gasteiger charge is 2.55. The molecule has 0 aliphatic carbocycles. The lowest BCUT2D eigenvalue weighted by Crippen LogP contribution is -2.56. The molecule has 3 rings (SSSR count). The van der Waals surface area contributed by atoms with Crippen LogP contribution in [0.5, 0.6) is 0 Å². The van der Waals surface area contributed by atoms with Gasteiger partial charge in [0.1, 0.15) is 5.54 Å². The molecule has 0 N–H and O–H groups in total. The van der Waals surface area contributed by atoms with E-state index >= 15 is 0 Å². The van der Waals surface area contributed by atoms with Crippen LogP contribution in [0, 0.1) is 3.57 Å². The molecule has 120 valence electrons. The molecular weight excluding hydrogens is 389 g/mol. The van der Waals surface area contributed by atoms with Crippen LogP contribution < -0.4 is 0 Å². The second-order valence-electron chi connectivity index (χ2n) is 6.98. The van der Waals surface area contributed by atoms with Crippen molar-refractivity contribution in [3.63, 3.8) is 0 Å². The van der Waals surface area contributed by atoms with Crippen LogP contribution in [0.2, 0.25) is 0 Å². The lowest BCUT2D eigenvalue weighted by molar-refractivity contribution is -0.163. The van der Waals surface area contributed by atoms with Gasteiger partial charge in [-0.05, 0) is 92.8 Å². The minimum absolute atomic E-state index is 0.0253. The van der Waals surface area contributed by atoms with E-state index in [0.29, 0.717) is 12.0 Å². The third-order valence-corrected chi connectivity index (χ3v) is 6.04. The van der Waals surface area contributed by atoms with Crippen molar-refractivity contribution >= 4 is 28.6 Å². The highest BCUT2D eigenvalue weighted by atomic mass is 127. The predicted octanol–water partition coefficient (Wildman–Crippen LogP) is 3.95. The van der Waals surface area contributed by atoms with Crippen LogP contribution in [-0.2, 0) is 9.53 Å². The Morgan fingerprint density at radius 2 is 2.05 bits per heavy atom. The summed E-state index contributed by atoms with van der Waals surface area (Å²) in [6, 6.07) is 9.26. The van der Waals surface area contributed by atoms with Crippen LogP contribution in [-0.4, -0.2) is 35.6 Å². The molecule has 0 aromatic heterocycles. The maximum atomic E-state index is 12.8. The SMILES string of the molecule is CC(C)OC(=O)[C@@]12CC[C@@H](C[C@H](c3ccc(I)cc3)C1)N2C. The number of carbonyl (C=O) groups excluding carboxylic acids is 1. The molecular formula is C18H24INO2. The lowest BCUT2D eigenvalue weighted by Gasteiger charge is -2.44. The zero-order valence-corrected chi connectivity index (χ0v) is 15.7. The summed E-state index contributed by atoms with van der Waals surface area (Å²) in [5.74, 6) is 0.433. The first-order valence-electron chi connectivity index (χ1n) is 8.12. The van der Waals surface area contributed by atoms with Gasteiger partial charge >= 0.3 is 5.97 Å². The number of esters is 1. The van der Waals surface area contributed by atoms with Gasteiger partial charge in [-0.2, -0.15) is 0 Å². The van der Waals surface area contributed by atoms with Gasteiger partial charge < -0.3 is 4.74 Å². The number of ether oxygens (including phenoxy) is 1. The van der Waals surface area contributed by atoms with Crippen molar-refractivity contribution < 1.29 is 9.53 Å². The van der Waals surface area contributed by atoms with Crippen LogP contribution in [0.25, 0.3) is 0 Å². The zero-order valence-electron chi connectivity index (χ0n) is 13.5. The Bertz CT molecular complexity index is 557. The van der Waals surface area contributed by atoms with Gasteiger partial charge in [0.25, 0.3) is 0 Å². The fourth-order valence-corrected chi connectivity index (χ4v) is 4.47. The topological polar surface area (TPSA) is 29.5 Å². The molecule has 22 heavy (non-hydrogen) atoms. The quantitative estimate of drug-likeness (QED) is 0.555. The molecule has 1 aromatic rings. The molecule has 0 amide bonds. The van der Waals surface area contributed by atoms with Crippen LogP contribution >= 0.6 is 22.6 Å². The molecule has 0 saturated carbocycles. The molecule has 0 spiro atoms. The molecule has 1 aromatic carbocycles. The number of benzene rings is 1. The summed E-state index contributed by atoms with van der Waals surface area (Å²) in [5, 5.41) is 0. The smallest absolute Gasteiger partial charge is 0.326 e. The van der Waals surface area contributed by atoms with E-state index in [9.17, 15) is 4.79 Å². The lowest BCUT2D eigenvalue weighted by atomic mass is 9.78. The number of hydrogen-bond acceptors (Lipinski definition) is 3. The molecule has 2 fully saturated rings. The van der Waals surface area contributed by atoms with E-state index in [1.54, 1.807) is 0 Å². The van der Waals surface area contributed by atoms with Crippen molar-refractivity contribution in [3.8, 4) is 0 Å². The first-order valence-corrected chi connectivity index (χ1v) is 9.20. The van der Waals surface area contributed by atoms with Gasteiger partial charge in [-0.3, -0.25) is 9.69 Å². The summed E-state index contributed by atoms with van der Waals surface area (Å²) < 4.78 is 6.86. The van der Waals surface area contributed by atoms with Gasteiger partial charge in [0, 0.05) is 9.61 Å². The number of rotatable bonds is 3. The first-order chi connectivity index (χ1) is 10.4. The minimum atomic E-state index is -0.416. The first kappa shape index (κ1) is 16.2. The van der Waals surface area contributed by atoms with Crippen LogP contribution in [0.1, 0.15) is 51.0 Å². The largest absolute Gasteiger partial charge is 0.462 e. The monoisotopic (exact) mass is 413 g/mol. The van der Waals surface area contributed by atoms with Gasteiger partial charge in [-0.15, -0.1) is 0 Å². The maximum Gasteiger partial charge on any atom is 0.326 e. The number of fused-ring (bicyclic) bond motifs is 2. The van der Waals surface area contributed by atoms with Crippen molar-refractivity contribution in [1.29, 1.82) is 0 Å². The second-order valence-corrected chi connectivity index (χ2v) is 8.22. The Morgan fingerprint density at radius 3 is 2.68 bits per heavy atom. The highest BCUT2D eigenvalue weighted by Crippen LogP contribution is 2.49. The number of halogens is 1. The maximum absolute atomic E-state index is 12.8. The van der Waals surface area contributed by atoms with E-state index in [-0.39, 0.29) is 12.1 Å². The Morgan fingerprint density at radius 1 is 1.36 bits per heavy atom. The zero-order chi connectivity index (χ0) is 15.9. The summed E-state index contributed by atoms with van der Waals surface area (Å²) >= 11 is 2.34. The van der Waals surface area contributed by atoms with Crippen LogP contribution in [0.4, 0.5) is 0 Å². The van der Waals surface area contributed by atoms with Crippen molar-refractivity contribution in [3.05, 3.63) is 33.4 Å². The third kappa shape index (κ3) is 2.80. The van der Waals surface area contributed by atoms with E-state index in [1.807, 2.05) is 13.8 Å². The minimum Gasteiger partial charge on any atom is -0.462 e. The molecule has 2 saturated heterocycles. The summed E-state index contributed by atoms with van der Waals surface area (Å²) in [5.41, 5.74) is 0.947. The van der Waals surface area contributed by atoms with Crippen LogP contribution in [0.15, 0.2) is 24.3 Å². The molecule has 0 radical (unpaired) electrons. The van der Waals surface area contributed by atoms with Gasteiger partial charge in [-0.1, -0.05) is 12.1 Å². The summed E-state index contributed by atoms with van der Waals surface area (Å²) in [6.07, 6.45) is 4.01. The van der Waals surface area contributed by atoms with E-state index < -0.39 is 5.54 Å². The Labute approximate surface area is 146 Å². The standard InChI is InChI=1S/C18H24INO2/c1-12(2)22-17(21)18-9-8-16(20(18)3)10-14(11-18)13-4-6-15(19)7-5-13/h4-7,12,14,16H,8-11H2,1-3H3/t14-,16-,18+/m0/s1. The van der Waals surface area contributed by atoms with Gasteiger partial charge in [0.15, 0.2) is 0 Å². The molecule has 0 unspecified atom stereocenters. The van der Waals surface area contributed by atoms with E-state index in [4.69, 9.17) is 4.74 Å². The van der Waals surface area contributed by atoms with Gasteiger partial charge in [0.05, 0.1) is 6.10 Å². The summed E-state index contributed by atoms with van der Waals surface area (Å²) in [6.45, 7) is 3.86. The molecule has 4 heteroatoms. The molecule has 3 nitrogen and oxygen atoms in total. The fourth-order valence-electron chi connectivity index (χ4n) is 4.11. The Hall–Kier alpha value is -0.620. The average molecular weight is 413 g/mol. The number of piperidine rings is 1. The van der Waals surface area contributed by atoms with Crippen molar-refractivity contribution in [2.75, 3.05) is 7.05 Å². The summed E-state index contributed by atoms with van der Waals surface area (Å²) in [4.78, 5) is 15.1. The molecule has 2 heterocycles. The van der Waals surface area contributed by atoms with Crippen molar-refractivity contribution in [1.82, 2.24) is 4.90 Å². The molecule has 2 bridgehead atoms. The third-order valence-electron chi connectivity index (χ3n) is 5.32. The number of nitrogens with zero attached hydrogens (tertiary/aromatic N) is 1. The summed E-state index contributed by atoms with van der Waals surface area (Å²) in [7, 11) is 2.10. The van der Waals surface area contributed by atoms with E-state index in [0.717, 1.165) is 25.7 Å². The average Bonchev–Trinajstić information content (AvgIpc) is 2.67.